The molecule has 0 aliphatic rings. The van der Waals surface area contributed by atoms with Gasteiger partial charge in [0.15, 0.2) is 6.61 Å². The zero-order valence-corrected chi connectivity index (χ0v) is 14.4. The maximum atomic E-state index is 11.5. The topological polar surface area (TPSA) is 72.5 Å². The van der Waals surface area contributed by atoms with Gasteiger partial charge in [0.25, 0.3) is 15.0 Å². The van der Waals surface area contributed by atoms with Gasteiger partial charge in [-0.1, -0.05) is 37.0 Å². The summed E-state index contributed by atoms with van der Waals surface area (Å²) in [5.74, 6) is 0.107. The van der Waals surface area contributed by atoms with Gasteiger partial charge in [-0.2, -0.15) is 0 Å². The molecule has 0 fully saturated rings. The average Bonchev–Trinajstić information content (AvgIpc) is 2.35. The number of carbonyl (C=O) groups excluding carboxylic acids is 1. The summed E-state index contributed by atoms with van der Waals surface area (Å²) < 4.78 is 27.7. The lowest BCUT2D eigenvalue weighted by Gasteiger charge is -2.11. The van der Waals surface area contributed by atoms with Crippen molar-refractivity contribution < 1.29 is 17.9 Å². The molecule has 1 amide bonds. The van der Waals surface area contributed by atoms with E-state index in [2.05, 4.69) is 5.32 Å². The fourth-order valence-corrected chi connectivity index (χ4v) is 3.11. The fourth-order valence-electron chi connectivity index (χ4n) is 1.32. The van der Waals surface area contributed by atoms with Crippen molar-refractivity contribution in [2.75, 3.05) is 13.2 Å². The zero-order valence-electron chi connectivity index (χ0n) is 11.3. The third-order valence-electron chi connectivity index (χ3n) is 2.32. The highest BCUT2D eigenvalue weighted by molar-refractivity contribution is 8.13. The molecule has 0 unspecified atom stereocenters. The van der Waals surface area contributed by atoms with E-state index in [0.29, 0.717) is 12.5 Å². The Morgan fingerprint density at radius 1 is 1.29 bits per heavy atom. The summed E-state index contributed by atoms with van der Waals surface area (Å²) in [6.45, 7) is 4.20. The van der Waals surface area contributed by atoms with E-state index in [4.69, 9.17) is 38.6 Å². The Balaban J connectivity index is 2.78. The Morgan fingerprint density at radius 2 is 1.90 bits per heavy atom. The lowest BCUT2D eigenvalue weighted by Crippen LogP contribution is -2.31. The number of halogens is 3. The first-order chi connectivity index (χ1) is 9.61. The third-order valence-corrected chi connectivity index (χ3v) is 4.40. The van der Waals surface area contributed by atoms with Crippen molar-refractivity contribution in [1.82, 2.24) is 5.32 Å². The fraction of sp³-hybridized carbons (Fsp3) is 0.417. The number of rotatable bonds is 6. The van der Waals surface area contributed by atoms with Gasteiger partial charge in [-0.05, 0) is 12.0 Å². The summed E-state index contributed by atoms with van der Waals surface area (Å²) in [5.41, 5.74) is 0. The summed E-state index contributed by atoms with van der Waals surface area (Å²) in [5, 5.41) is 2.53. The van der Waals surface area contributed by atoms with Crippen LogP contribution in [-0.4, -0.2) is 27.5 Å². The molecule has 0 saturated carbocycles. The lowest BCUT2D eigenvalue weighted by atomic mass is 10.2. The van der Waals surface area contributed by atoms with E-state index in [0.717, 1.165) is 6.07 Å². The van der Waals surface area contributed by atoms with E-state index in [1.807, 2.05) is 13.8 Å². The standard InChI is InChI=1S/C12H14Cl3NO4S/c1-7(2)5-16-12(17)6-20-10-3-9(14)11(4-8(10)13)21(15,18)19/h3-4,7H,5-6H2,1-2H3,(H,16,17). The number of nitrogens with one attached hydrogen (secondary N) is 1. The molecule has 0 aromatic heterocycles. The molecule has 118 valence electrons. The molecule has 0 radical (unpaired) electrons. The number of amides is 1. The van der Waals surface area contributed by atoms with Gasteiger partial charge in [-0.25, -0.2) is 8.42 Å². The highest BCUT2D eigenvalue weighted by atomic mass is 35.7. The molecule has 1 N–H and O–H groups in total. The SMILES string of the molecule is CC(C)CNC(=O)COc1cc(Cl)c(S(=O)(=O)Cl)cc1Cl. The lowest BCUT2D eigenvalue weighted by molar-refractivity contribution is -0.123. The summed E-state index contributed by atoms with van der Waals surface area (Å²) in [6, 6.07) is 2.28. The minimum atomic E-state index is -4.00. The van der Waals surface area contributed by atoms with E-state index in [-0.39, 0.29) is 33.2 Å². The van der Waals surface area contributed by atoms with Crippen LogP contribution in [0.2, 0.25) is 10.0 Å². The quantitative estimate of drug-likeness (QED) is 0.777. The van der Waals surface area contributed by atoms with Crippen LogP contribution in [0.15, 0.2) is 17.0 Å². The Labute approximate surface area is 137 Å². The number of carbonyl (C=O) groups is 1. The minimum absolute atomic E-state index is 0.00437. The number of benzene rings is 1. The van der Waals surface area contributed by atoms with Crippen LogP contribution in [0.4, 0.5) is 0 Å². The Kier molecular flexibility index (Phi) is 6.59. The average molecular weight is 375 g/mol. The molecule has 0 spiro atoms. The number of hydrogen-bond donors (Lipinski definition) is 1. The van der Waals surface area contributed by atoms with Gasteiger partial charge in [0, 0.05) is 23.3 Å². The number of hydrogen-bond acceptors (Lipinski definition) is 4. The van der Waals surface area contributed by atoms with Crippen molar-refractivity contribution in [2.24, 2.45) is 5.92 Å². The van der Waals surface area contributed by atoms with Gasteiger partial charge in [-0.15, -0.1) is 0 Å². The van der Waals surface area contributed by atoms with Gasteiger partial charge in [0.1, 0.15) is 10.6 Å². The Bertz CT molecular complexity index is 632. The summed E-state index contributed by atoms with van der Waals surface area (Å²) >= 11 is 11.7. The van der Waals surface area contributed by atoms with E-state index in [9.17, 15) is 13.2 Å². The smallest absolute Gasteiger partial charge is 0.262 e. The van der Waals surface area contributed by atoms with Crippen LogP contribution >= 0.6 is 33.9 Å². The zero-order chi connectivity index (χ0) is 16.2. The van der Waals surface area contributed by atoms with Crippen molar-refractivity contribution in [2.45, 2.75) is 18.7 Å². The van der Waals surface area contributed by atoms with Crippen LogP contribution in [0.25, 0.3) is 0 Å². The molecule has 1 rings (SSSR count). The molecule has 0 heterocycles. The normalized spacial score (nSPS) is 11.5. The minimum Gasteiger partial charge on any atom is -0.482 e. The predicted molar refractivity (Wildman–Crippen MR) is 82.8 cm³/mol. The molecule has 21 heavy (non-hydrogen) atoms. The molecular weight excluding hydrogens is 361 g/mol. The van der Waals surface area contributed by atoms with Crippen LogP contribution < -0.4 is 10.1 Å². The van der Waals surface area contributed by atoms with Gasteiger partial charge >= 0.3 is 0 Å². The molecule has 1 aromatic rings. The molecule has 0 aliphatic heterocycles. The second-order valence-electron chi connectivity index (χ2n) is 4.64. The van der Waals surface area contributed by atoms with Crippen LogP contribution in [0.3, 0.4) is 0 Å². The molecule has 0 aliphatic carbocycles. The number of ether oxygens (including phenoxy) is 1. The predicted octanol–water partition coefficient (Wildman–Crippen LogP) is 3.07. The first-order valence-corrected chi connectivity index (χ1v) is 9.01. The van der Waals surface area contributed by atoms with Gasteiger partial charge in [-0.3, -0.25) is 4.79 Å². The summed E-state index contributed by atoms with van der Waals surface area (Å²) in [4.78, 5) is 11.2. The molecule has 9 heteroatoms. The Hall–Kier alpha value is -0.690. The largest absolute Gasteiger partial charge is 0.482 e. The highest BCUT2D eigenvalue weighted by Gasteiger charge is 2.18. The maximum absolute atomic E-state index is 11.5. The van der Waals surface area contributed by atoms with Crippen LogP contribution in [0.1, 0.15) is 13.8 Å². The monoisotopic (exact) mass is 373 g/mol. The van der Waals surface area contributed by atoms with E-state index < -0.39 is 9.05 Å². The van der Waals surface area contributed by atoms with Crippen molar-refractivity contribution in [1.29, 1.82) is 0 Å². The molecule has 5 nitrogen and oxygen atoms in total. The van der Waals surface area contributed by atoms with Crippen LogP contribution in [-0.2, 0) is 13.8 Å². The van der Waals surface area contributed by atoms with E-state index >= 15 is 0 Å². The highest BCUT2D eigenvalue weighted by Crippen LogP contribution is 2.34. The van der Waals surface area contributed by atoms with E-state index in [1.165, 1.54) is 6.07 Å². The molecule has 0 bridgehead atoms. The third kappa shape index (κ3) is 5.90. The molecule has 0 atom stereocenters. The summed E-state index contributed by atoms with van der Waals surface area (Å²) in [6.07, 6.45) is 0. The van der Waals surface area contributed by atoms with Gasteiger partial charge in [0.05, 0.1) is 10.0 Å². The summed E-state index contributed by atoms with van der Waals surface area (Å²) in [7, 11) is 1.21. The molecular formula is C12H14Cl3NO4S. The van der Waals surface area contributed by atoms with Gasteiger partial charge in [0.2, 0.25) is 0 Å². The second-order valence-corrected chi connectivity index (χ2v) is 7.99. The van der Waals surface area contributed by atoms with Crippen molar-refractivity contribution >= 4 is 48.8 Å². The van der Waals surface area contributed by atoms with Crippen molar-refractivity contribution in [3.8, 4) is 5.75 Å². The van der Waals surface area contributed by atoms with Crippen LogP contribution in [0.5, 0.6) is 5.75 Å². The van der Waals surface area contributed by atoms with E-state index in [1.54, 1.807) is 0 Å². The second kappa shape index (κ2) is 7.54. The van der Waals surface area contributed by atoms with Crippen LogP contribution in [0, 0.1) is 5.92 Å². The first-order valence-electron chi connectivity index (χ1n) is 5.94. The molecule has 0 saturated heterocycles. The van der Waals surface area contributed by atoms with Crippen molar-refractivity contribution in [3.63, 3.8) is 0 Å². The van der Waals surface area contributed by atoms with Crippen molar-refractivity contribution in [3.05, 3.63) is 22.2 Å². The first kappa shape index (κ1) is 18.4. The van der Waals surface area contributed by atoms with Gasteiger partial charge < -0.3 is 10.1 Å². The maximum Gasteiger partial charge on any atom is 0.262 e. The Morgan fingerprint density at radius 3 is 2.43 bits per heavy atom. The molecule has 1 aromatic carbocycles.